The van der Waals surface area contributed by atoms with Gasteiger partial charge < -0.3 is 4.74 Å². The Balaban J connectivity index is 1.71. The first-order valence-corrected chi connectivity index (χ1v) is 10.0. The highest BCUT2D eigenvalue weighted by atomic mass is 16.5. The van der Waals surface area contributed by atoms with Crippen LogP contribution in [0.2, 0.25) is 0 Å². The predicted octanol–water partition coefficient (Wildman–Crippen LogP) is 4.47. The zero-order valence-corrected chi connectivity index (χ0v) is 17.5. The first kappa shape index (κ1) is 20.5. The van der Waals surface area contributed by atoms with E-state index in [4.69, 9.17) is 10.00 Å². The second kappa shape index (κ2) is 8.43. The topological polar surface area (TPSA) is 49.1 Å². The molecular formula is C24H31N3O. The van der Waals surface area contributed by atoms with Crippen LogP contribution in [-0.2, 0) is 16.7 Å². The standard InChI is InChI=1S/C24H31N3O/c1-19-5-10-22(16-26-19)23(2,3)27-14-13-24(17-27,18-28-4)12-11-20-6-8-21(15-25)9-7-20/h5-10,16H,11-14,17-18H2,1-4H3/t24-/m1/s1. The molecule has 28 heavy (non-hydrogen) atoms. The summed E-state index contributed by atoms with van der Waals surface area (Å²) < 4.78 is 5.65. The van der Waals surface area contributed by atoms with Gasteiger partial charge in [-0.3, -0.25) is 9.88 Å². The Bertz CT molecular complexity index is 820. The Hall–Kier alpha value is -2.22. The Kier molecular flexibility index (Phi) is 6.17. The molecule has 0 radical (unpaired) electrons. The third-order valence-corrected chi connectivity index (χ3v) is 6.32. The first-order valence-electron chi connectivity index (χ1n) is 10.0. The van der Waals surface area contributed by atoms with Gasteiger partial charge in [-0.15, -0.1) is 0 Å². The van der Waals surface area contributed by atoms with E-state index in [1.807, 2.05) is 25.3 Å². The summed E-state index contributed by atoms with van der Waals surface area (Å²) in [6.07, 6.45) is 5.25. The van der Waals surface area contributed by atoms with Crippen LogP contribution < -0.4 is 0 Å². The van der Waals surface area contributed by atoms with Crippen LogP contribution in [0.1, 0.15) is 49.1 Å². The Morgan fingerprint density at radius 2 is 1.96 bits per heavy atom. The number of aryl methyl sites for hydroxylation is 2. The second-order valence-electron chi connectivity index (χ2n) is 8.66. The minimum Gasteiger partial charge on any atom is -0.384 e. The number of likely N-dealkylation sites (tertiary alicyclic amines) is 1. The van der Waals surface area contributed by atoms with E-state index in [0.717, 1.165) is 50.2 Å². The summed E-state index contributed by atoms with van der Waals surface area (Å²) in [5.41, 5.74) is 4.43. The monoisotopic (exact) mass is 377 g/mol. The minimum atomic E-state index is -0.0510. The van der Waals surface area contributed by atoms with Crippen LogP contribution in [0.3, 0.4) is 0 Å². The molecule has 1 aromatic carbocycles. The number of ether oxygens (including phenoxy) is 1. The van der Waals surface area contributed by atoms with Crippen molar-refractivity contribution in [1.82, 2.24) is 9.88 Å². The molecule has 1 aromatic heterocycles. The molecule has 0 aliphatic carbocycles. The zero-order chi connectivity index (χ0) is 20.2. The summed E-state index contributed by atoms with van der Waals surface area (Å²) in [7, 11) is 1.81. The fraction of sp³-hybridized carbons (Fsp3) is 0.500. The Labute approximate surface area is 169 Å². The molecule has 1 fully saturated rings. The smallest absolute Gasteiger partial charge is 0.0991 e. The lowest BCUT2D eigenvalue weighted by Crippen LogP contribution is -2.42. The van der Waals surface area contributed by atoms with Gasteiger partial charge >= 0.3 is 0 Å². The SMILES string of the molecule is COC[C@]1(CCc2ccc(C#N)cc2)CCN(C(C)(C)c2ccc(C)nc2)C1. The van der Waals surface area contributed by atoms with E-state index in [9.17, 15) is 0 Å². The Morgan fingerprint density at radius 1 is 1.21 bits per heavy atom. The Morgan fingerprint density at radius 3 is 2.57 bits per heavy atom. The average Bonchev–Trinajstić information content (AvgIpc) is 3.13. The number of hydrogen-bond acceptors (Lipinski definition) is 4. The normalized spacial score (nSPS) is 20.2. The third-order valence-electron chi connectivity index (χ3n) is 6.32. The molecule has 1 saturated heterocycles. The van der Waals surface area contributed by atoms with Gasteiger partial charge in [-0.25, -0.2) is 0 Å². The fourth-order valence-corrected chi connectivity index (χ4v) is 4.28. The molecule has 0 amide bonds. The number of hydrogen-bond donors (Lipinski definition) is 0. The molecule has 148 valence electrons. The van der Waals surface area contributed by atoms with E-state index in [1.54, 1.807) is 7.11 Å². The molecule has 2 heterocycles. The third kappa shape index (κ3) is 4.43. The van der Waals surface area contributed by atoms with Gasteiger partial charge in [-0.05, 0) is 75.9 Å². The van der Waals surface area contributed by atoms with E-state index in [0.29, 0.717) is 0 Å². The van der Waals surface area contributed by atoms with Crippen molar-refractivity contribution >= 4 is 0 Å². The summed E-state index contributed by atoms with van der Waals surface area (Å²) in [5, 5.41) is 8.98. The summed E-state index contributed by atoms with van der Waals surface area (Å²) in [5.74, 6) is 0. The van der Waals surface area contributed by atoms with Crippen LogP contribution in [-0.4, -0.2) is 36.7 Å². The van der Waals surface area contributed by atoms with Gasteiger partial charge in [-0.2, -0.15) is 5.26 Å². The maximum Gasteiger partial charge on any atom is 0.0991 e. The number of benzene rings is 1. The van der Waals surface area contributed by atoms with Crippen molar-refractivity contribution in [1.29, 1.82) is 5.26 Å². The van der Waals surface area contributed by atoms with Gasteiger partial charge in [0.05, 0.1) is 18.2 Å². The maximum absolute atomic E-state index is 8.98. The number of rotatable bonds is 7. The molecule has 0 bridgehead atoms. The number of pyridine rings is 1. The summed E-state index contributed by atoms with van der Waals surface area (Å²) in [4.78, 5) is 7.09. The molecule has 3 rings (SSSR count). The van der Waals surface area contributed by atoms with Gasteiger partial charge in [-0.1, -0.05) is 18.2 Å². The van der Waals surface area contributed by atoms with Crippen molar-refractivity contribution in [3.05, 3.63) is 65.0 Å². The average molecular weight is 378 g/mol. The van der Waals surface area contributed by atoms with Crippen LogP contribution >= 0.6 is 0 Å². The summed E-state index contributed by atoms with van der Waals surface area (Å²) >= 11 is 0. The van der Waals surface area contributed by atoms with Crippen LogP contribution in [0.15, 0.2) is 42.6 Å². The molecule has 0 N–H and O–H groups in total. The van der Waals surface area contributed by atoms with E-state index in [1.165, 1.54) is 11.1 Å². The lowest BCUT2D eigenvalue weighted by molar-refractivity contribution is 0.0601. The molecular weight excluding hydrogens is 346 g/mol. The maximum atomic E-state index is 8.98. The van der Waals surface area contributed by atoms with Gasteiger partial charge in [0.15, 0.2) is 0 Å². The molecule has 0 unspecified atom stereocenters. The molecule has 1 aliphatic heterocycles. The second-order valence-corrected chi connectivity index (χ2v) is 8.66. The fourth-order valence-electron chi connectivity index (χ4n) is 4.28. The highest BCUT2D eigenvalue weighted by Gasteiger charge is 2.43. The van der Waals surface area contributed by atoms with Crippen molar-refractivity contribution in [2.75, 3.05) is 26.8 Å². The summed E-state index contributed by atoms with van der Waals surface area (Å²) in [6, 6.07) is 14.5. The van der Waals surface area contributed by atoms with E-state index >= 15 is 0 Å². The van der Waals surface area contributed by atoms with Crippen LogP contribution in [0.25, 0.3) is 0 Å². The van der Waals surface area contributed by atoms with Crippen LogP contribution in [0, 0.1) is 23.7 Å². The number of nitriles is 1. The van der Waals surface area contributed by atoms with Crippen LogP contribution in [0.4, 0.5) is 0 Å². The van der Waals surface area contributed by atoms with Gasteiger partial charge in [0, 0.05) is 36.5 Å². The lowest BCUT2D eigenvalue weighted by atomic mass is 9.81. The largest absolute Gasteiger partial charge is 0.384 e. The minimum absolute atomic E-state index is 0.0510. The molecule has 0 saturated carbocycles. The van der Waals surface area contributed by atoms with Crippen molar-refractivity contribution in [3.63, 3.8) is 0 Å². The zero-order valence-electron chi connectivity index (χ0n) is 17.5. The van der Waals surface area contributed by atoms with Crippen molar-refractivity contribution < 1.29 is 4.74 Å². The van der Waals surface area contributed by atoms with Gasteiger partial charge in [0.1, 0.15) is 0 Å². The highest BCUT2D eigenvalue weighted by molar-refractivity contribution is 5.31. The molecule has 0 spiro atoms. The molecule has 4 heteroatoms. The van der Waals surface area contributed by atoms with Crippen molar-refractivity contribution in [2.45, 2.75) is 45.6 Å². The van der Waals surface area contributed by atoms with Gasteiger partial charge in [0.2, 0.25) is 0 Å². The molecule has 4 nitrogen and oxygen atoms in total. The molecule has 1 atom stereocenters. The molecule has 2 aromatic rings. The number of methoxy groups -OCH3 is 1. The van der Waals surface area contributed by atoms with E-state index in [2.05, 4.69) is 54.1 Å². The van der Waals surface area contributed by atoms with Crippen molar-refractivity contribution in [3.8, 4) is 6.07 Å². The predicted molar refractivity (Wildman–Crippen MR) is 112 cm³/mol. The number of aromatic nitrogens is 1. The lowest BCUT2D eigenvalue weighted by Gasteiger charge is -2.38. The van der Waals surface area contributed by atoms with Gasteiger partial charge in [0.25, 0.3) is 0 Å². The first-order chi connectivity index (χ1) is 13.4. The quantitative estimate of drug-likeness (QED) is 0.714. The van der Waals surface area contributed by atoms with Crippen LogP contribution in [0.5, 0.6) is 0 Å². The van der Waals surface area contributed by atoms with E-state index in [-0.39, 0.29) is 11.0 Å². The molecule has 1 aliphatic rings. The van der Waals surface area contributed by atoms with Crippen molar-refractivity contribution in [2.24, 2.45) is 5.41 Å². The summed E-state index contributed by atoms with van der Waals surface area (Å²) in [6.45, 7) is 9.49. The van der Waals surface area contributed by atoms with E-state index < -0.39 is 0 Å². The highest BCUT2D eigenvalue weighted by Crippen LogP contribution is 2.41. The number of nitrogens with zero attached hydrogens (tertiary/aromatic N) is 3.